The fraction of sp³-hybridized carbons (Fsp3) is 0.514. The van der Waals surface area contributed by atoms with E-state index in [1.54, 1.807) is 18.2 Å². The third kappa shape index (κ3) is 7.36. The van der Waals surface area contributed by atoms with Crippen molar-refractivity contribution in [3.05, 3.63) is 76.2 Å². The van der Waals surface area contributed by atoms with E-state index in [0.717, 1.165) is 61.8 Å². The lowest BCUT2D eigenvalue weighted by molar-refractivity contribution is 0.0174. The smallest absolute Gasteiger partial charge is 0.410 e. The summed E-state index contributed by atoms with van der Waals surface area (Å²) in [5, 5.41) is 0. The van der Waals surface area contributed by atoms with Gasteiger partial charge in [0.1, 0.15) is 19.1 Å². The lowest BCUT2D eigenvalue weighted by atomic mass is 9.92. The van der Waals surface area contributed by atoms with Gasteiger partial charge in [0.15, 0.2) is 0 Å². The van der Waals surface area contributed by atoms with Crippen LogP contribution in [0.1, 0.15) is 76.8 Å². The lowest BCUT2D eigenvalue weighted by Crippen LogP contribution is -2.44. The van der Waals surface area contributed by atoms with E-state index in [1.807, 2.05) is 31.0 Å². The number of hydrogen-bond acceptors (Lipinski definition) is 5. The van der Waals surface area contributed by atoms with Gasteiger partial charge in [-0.2, -0.15) is 0 Å². The van der Waals surface area contributed by atoms with Crippen LogP contribution in [0.15, 0.2) is 75.0 Å². The van der Waals surface area contributed by atoms with Gasteiger partial charge in [-0.25, -0.2) is 23.0 Å². The molecule has 4 aliphatic rings. The van der Waals surface area contributed by atoms with Crippen molar-refractivity contribution in [3.8, 4) is 0 Å². The Bertz CT molecular complexity index is 1430. The van der Waals surface area contributed by atoms with Gasteiger partial charge in [0.25, 0.3) is 5.92 Å². The van der Waals surface area contributed by atoms with Crippen LogP contribution < -0.4 is 0 Å². The van der Waals surface area contributed by atoms with E-state index in [2.05, 4.69) is 24.0 Å². The van der Waals surface area contributed by atoms with Gasteiger partial charge in [-0.15, -0.1) is 0 Å². The zero-order valence-electron chi connectivity index (χ0n) is 26.2. The Hall–Kier alpha value is -3.62. The van der Waals surface area contributed by atoms with Crippen molar-refractivity contribution in [1.82, 2.24) is 9.80 Å². The minimum Gasteiger partial charge on any atom is -0.448 e. The van der Waals surface area contributed by atoms with E-state index < -0.39 is 12.6 Å². The maximum absolute atomic E-state index is 14.4. The van der Waals surface area contributed by atoms with Crippen LogP contribution in [0.4, 0.5) is 23.7 Å². The first-order valence-electron chi connectivity index (χ1n) is 15.7. The molecule has 0 saturated carbocycles. The number of piperidine rings is 1. The summed E-state index contributed by atoms with van der Waals surface area (Å²) in [5.41, 5.74) is 4.49. The van der Waals surface area contributed by atoms with Crippen LogP contribution in [0.3, 0.4) is 0 Å². The quantitative estimate of drug-likeness (QED) is 0.292. The molecule has 1 aromatic rings. The van der Waals surface area contributed by atoms with Gasteiger partial charge in [0.2, 0.25) is 0 Å². The number of rotatable bonds is 7. The molecule has 0 spiro atoms. The molecule has 236 valence electrons. The van der Waals surface area contributed by atoms with E-state index in [0.29, 0.717) is 48.9 Å². The van der Waals surface area contributed by atoms with Crippen molar-refractivity contribution < 1.29 is 22.7 Å². The number of fused-ring (bicyclic) bond motifs is 1. The number of hydrogen-bond donors (Lipinski definition) is 0. The SMILES string of the molecule is CC(=C\C=C(/CF)C1=Nc2ccc(C(C)(F)F)cc2C(C)CC1)/C1=C/C(C)CC=C(N2CCC(N3CCOC3=O)CC2)N=C1. The molecule has 4 heterocycles. The van der Waals surface area contributed by atoms with Crippen molar-refractivity contribution >= 4 is 23.7 Å². The molecule has 5 rings (SSSR count). The number of carbonyl (C=O) groups is 1. The summed E-state index contributed by atoms with van der Waals surface area (Å²) in [6.45, 7) is 9.21. The second-order valence-corrected chi connectivity index (χ2v) is 12.5. The molecule has 0 bridgehead atoms. The number of allylic oxidation sites excluding steroid dienone is 7. The molecule has 6 nitrogen and oxygen atoms in total. The maximum Gasteiger partial charge on any atom is 0.410 e. The highest BCUT2D eigenvalue weighted by molar-refractivity contribution is 6.02. The minimum absolute atomic E-state index is 0.0268. The molecular formula is C35H43F3N4O2. The Kier molecular flexibility index (Phi) is 9.81. The monoisotopic (exact) mass is 608 g/mol. The van der Waals surface area contributed by atoms with E-state index in [9.17, 15) is 18.0 Å². The molecule has 2 saturated heterocycles. The van der Waals surface area contributed by atoms with Crippen molar-refractivity contribution in [3.63, 3.8) is 0 Å². The van der Waals surface area contributed by atoms with Crippen molar-refractivity contribution in [2.75, 3.05) is 32.9 Å². The Morgan fingerprint density at radius 2 is 1.91 bits per heavy atom. The molecule has 44 heavy (non-hydrogen) atoms. The molecular weight excluding hydrogens is 565 g/mol. The minimum atomic E-state index is -2.93. The molecule has 0 N–H and O–H groups in total. The zero-order valence-corrected chi connectivity index (χ0v) is 26.2. The second-order valence-electron chi connectivity index (χ2n) is 12.5. The van der Waals surface area contributed by atoms with Gasteiger partial charge >= 0.3 is 6.09 Å². The summed E-state index contributed by atoms with van der Waals surface area (Å²) < 4.78 is 47.5. The second kappa shape index (κ2) is 13.6. The molecule has 0 aliphatic carbocycles. The van der Waals surface area contributed by atoms with Crippen LogP contribution in [-0.2, 0) is 10.7 Å². The zero-order chi connectivity index (χ0) is 31.4. The van der Waals surface area contributed by atoms with Gasteiger partial charge in [-0.05, 0) is 85.8 Å². The summed E-state index contributed by atoms with van der Waals surface area (Å²) >= 11 is 0. The topological polar surface area (TPSA) is 57.5 Å². The Morgan fingerprint density at radius 1 is 1.14 bits per heavy atom. The fourth-order valence-corrected chi connectivity index (χ4v) is 6.29. The molecule has 2 fully saturated rings. The number of carbonyl (C=O) groups excluding carboxylic acids is 1. The predicted molar refractivity (Wildman–Crippen MR) is 170 cm³/mol. The summed E-state index contributed by atoms with van der Waals surface area (Å²) in [4.78, 5) is 25.8. The number of halogens is 3. The average Bonchev–Trinajstić information content (AvgIpc) is 3.35. The molecule has 2 atom stereocenters. The molecule has 0 radical (unpaired) electrons. The Morgan fingerprint density at radius 3 is 2.59 bits per heavy atom. The molecule has 9 heteroatoms. The number of aliphatic imine (C=N–C) groups is 2. The van der Waals surface area contributed by atoms with E-state index >= 15 is 0 Å². The standard InChI is InChI=1S/C35H43F3N4O2/c1-23-5-12-33(41-15-13-29(14-16-41)42-17-18-44-34(42)43)39-22-27(19-23)24(2)6-8-26(21-36)31-10-7-25(3)30-20-28(35(4,37)38)9-11-32(30)40-31/h6,8-9,11-12,19-20,22-23,25,29H,5,7,10,13-18,21H2,1-4H3/b24-6+,26-8+,27-19+,33-12?,39-22?. The first kappa shape index (κ1) is 31.8. The number of cyclic esters (lactones) is 1. The molecule has 0 aromatic heterocycles. The predicted octanol–water partition coefficient (Wildman–Crippen LogP) is 8.41. The largest absolute Gasteiger partial charge is 0.448 e. The summed E-state index contributed by atoms with van der Waals surface area (Å²) in [6, 6.07) is 4.80. The van der Waals surface area contributed by atoms with Gasteiger partial charge in [-0.3, -0.25) is 4.99 Å². The summed E-state index contributed by atoms with van der Waals surface area (Å²) in [6.07, 6.45) is 13.7. The van der Waals surface area contributed by atoms with Gasteiger partial charge in [0.05, 0.1) is 12.2 Å². The normalized spacial score (nSPS) is 25.3. The van der Waals surface area contributed by atoms with Crippen molar-refractivity contribution in [2.45, 2.75) is 77.7 Å². The van der Waals surface area contributed by atoms with Crippen LogP contribution in [0.25, 0.3) is 0 Å². The van der Waals surface area contributed by atoms with E-state index in [1.165, 1.54) is 6.07 Å². The van der Waals surface area contributed by atoms with Crippen LogP contribution >= 0.6 is 0 Å². The van der Waals surface area contributed by atoms with Crippen molar-refractivity contribution in [1.29, 1.82) is 0 Å². The number of likely N-dealkylation sites (tertiary alicyclic amines) is 1. The number of alkyl halides is 3. The lowest BCUT2D eigenvalue weighted by Gasteiger charge is -2.37. The first-order valence-corrected chi connectivity index (χ1v) is 15.7. The average molecular weight is 609 g/mol. The van der Waals surface area contributed by atoms with Crippen LogP contribution in [-0.4, -0.2) is 66.8 Å². The number of amides is 1. The van der Waals surface area contributed by atoms with E-state index in [-0.39, 0.29) is 23.6 Å². The Labute approximate surface area is 258 Å². The third-order valence-corrected chi connectivity index (χ3v) is 9.13. The van der Waals surface area contributed by atoms with Gasteiger partial charge in [-0.1, -0.05) is 38.1 Å². The highest BCUT2D eigenvalue weighted by atomic mass is 19.3. The molecule has 1 aromatic carbocycles. The third-order valence-electron chi connectivity index (χ3n) is 9.13. The summed E-state index contributed by atoms with van der Waals surface area (Å²) in [7, 11) is 0. The van der Waals surface area contributed by atoms with Crippen LogP contribution in [0.5, 0.6) is 0 Å². The fourth-order valence-electron chi connectivity index (χ4n) is 6.29. The van der Waals surface area contributed by atoms with Crippen LogP contribution in [0.2, 0.25) is 0 Å². The molecule has 2 unspecified atom stereocenters. The van der Waals surface area contributed by atoms with Gasteiger partial charge < -0.3 is 14.5 Å². The molecule has 1 amide bonds. The van der Waals surface area contributed by atoms with E-state index in [4.69, 9.17) is 14.7 Å². The number of ether oxygens (including phenoxy) is 1. The number of benzene rings is 1. The van der Waals surface area contributed by atoms with Gasteiger partial charge in [0, 0.05) is 49.1 Å². The maximum atomic E-state index is 14.4. The van der Waals surface area contributed by atoms with Crippen molar-refractivity contribution in [2.24, 2.45) is 15.9 Å². The first-order chi connectivity index (χ1) is 21.0. The Balaban J connectivity index is 1.31. The highest BCUT2D eigenvalue weighted by Gasteiger charge is 2.33. The number of nitrogens with zero attached hydrogens (tertiary/aromatic N) is 4. The molecule has 4 aliphatic heterocycles. The highest BCUT2D eigenvalue weighted by Crippen LogP contribution is 2.38. The summed E-state index contributed by atoms with van der Waals surface area (Å²) in [5.74, 6) is -1.65. The van der Waals surface area contributed by atoms with Crippen LogP contribution in [0, 0.1) is 5.92 Å².